The van der Waals surface area contributed by atoms with E-state index in [4.69, 9.17) is 4.42 Å². The first kappa shape index (κ1) is 16.6. The second kappa shape index (κ2) is 7.12. The van der Waals surface area contributed by atoms with Crippen LogP contribution in [-0.4, -0.2) is 12.5 Å². The second-order valence-corrected chi connectivity index (χ2v) is 5.19. The second-order valence-electron chi connectivity index (χ2n) is 5.19. The van der Waals surface area contributed by atoms with E-state index in [1.807, 2.05) is 0 Å². The summed E-state index contributed by atoms with van der Waals surface area (Å²) in [6.07, 6.45) is 0. The quantitative estimate of drug-likeness (QED) is 0.720. The lowest BCUT2D eigenvalue weighted by atomic mass is 10.1. The van der Waals surface area contributed by atoms with Crippen molar-refractivity contribution in [1.82, 2.24) is 5.32 Å². The highest BCUT2D eigenvalue weighted by Crippen LogP contribution is 2.15. The van der Waals surface area contributed by atoms with E-state index in [9.17, 15) is 18.4 Å². The molecule has 1 aromatic heterocycles. The molecular weight excluding hydrogens is 332 g/mol. The minimum absolute atomic E-state index is 0.0280. The number of halogens is 2. The third-order valence-electron chi connectivity index (χ3n) is 3.49. The molecule has 128 valence electrons. The highest BCUT2D eigenvalue weighted by molar-refractivity contribution is 5.96. The van der Waals surface area contributed by atoms with Gasteiger partial charge in [0.25, 0.3) is 5.91 Å². The Kier molecular flexibility index (Phi) is 4.74. The number of carbonyl (C=O) groups excluding carboxylic acids is 1. The molecule has 3 aromatic rings. The molecular formula is C18H13F2NO4. The summed E-state index contributed by atoms with van der Waals surface area (Å²) in [4.78, 5) is 24.1. The lowest BCUT2D eigenvalue weighted by molar-refractivity contribution is -0.0498. The van der Waals surface area contributed by atoms with Crippen LogP contribution in [0.5, 0.6) is 5.75 Å². The van der Waals surface area contributed by atoms with Gasteiger partial charge in [0.1, 0.15) is 16.9 Å². The Balaban J connectivity index is 1.70. The standard InChI is InChI=1S/C18H13F2NO4/c19-18(20)24-13-7-5-11(6-8-13)10-21-16(22)14-9-12-3-1-2-4-15(12)25-17(14)23/h1-9,18H,10H2,(H,21,22). The molecule has 0 aliphatic carbocycles. The van der Waals surface area contributed by atoms with E-state index in [-0.39, 0.29) is 17.9 Å². The van der Waals surface area contributed by atoms with Crippen molar-refractivity contribution in [3.63, 3.8) is 0 Å². The number of rotatable bonds is 5. The van der Waals surface area contributed by atoms with Crippen molar-refractivity contribution in [1.29, 1.82) is 0 Å². The fraction of sp³-hybridized carbons (Fsp3) is 0.111. The average Bonchev–Trinajstić information content (AvgIpc) is 2.60. The lowest BCUT2D eigenvalue weighted by Crippen LogP contribution is -2.27. The number of amides is 1. The maximum Gasteiger partial charge on any atom is 0.387 e. The number of para-hydroxylation sites is 1. The van der Waals surface area contributed by atoms with Crippen molar-refractivity contribution in [3.05, 3.63) is 76.1 Å². The molecule has 0 aliphatic rings. The van der Waals surface area contributed by atoms with Crippen LogP contribution in [0.15, 0.2) is 63.8 Å². The van der Waals surface area contributed by atoms with Gasteiger partial charge in [0.15, 0.2) is 0 Å². The number of nitrogens with one attached hydrogen (secondary N) is 1. The molecule has 0 spiro atoms. The molecule has 0 atom stereocenters. The molecule has 0 unspecified atom stereocenters. The summed E-state index contributed by atoms with van der Waals surface area (Å²) in [6.45, 7) is -2.77. The van der Waals surface area contributed by atoms with E-state index in [0.29, 0.717) is 16.5 Å². The topological polar surface area (TPSA) is 68.5 Å². The van der Waals surface area contributed by atoms with E-state index in [1.54, 1.807) is 36.4 Å². The summed E-state index contributed by atoms with van der Waals surface area (Å²) in [5.41, 5.74) is 0.243. The van der Waals surface area contributed by atoms with Crippen LogP contribution in [0.4, 0.5) is 8.78 Å². The van der Waals surface area contributed by atoms with Crippen molar-refractivity contribution >= 4 is 16.9 Å². The van der Waals surface area contributed by atoms with Gasteiger partial charge in [-0.15, -0.1) is 0 Å². The van der Waals surface area contributed by atoms with Crippen LogP contribution in [-0.2, 0) is 6.54 Å². The van der Waals surface area contributed by atoms with Crippen molar-refractivity contribution in [2.24, 2.45) is 0 Å². The van der Waals surface area contributed by atoms with Gasteiger partial charge in [0.05, 0.1) is 0 Å². The Hall–Kier alpha value is -3.22. The van der Waals surface area contributed by atoms with Gasteiger partial charge in [-0.25, -0.2) is 4.79 Å². The first-order chi connectivity index (χ1) is 12.0. The SMILES string of the molecule is O=C(NCc1ccc(OC(F)F)cc1)c1cc2ccccc2oc1=O. The number of fused-ring (bicyclic) bond motifs is 1. The molecule has 0 radical (unpaired) electrons. The van der Waals surface area contributed by atoms with Crippen LogP contribution in [0.1, 0.15) is 15.9 Å². The lowest BCUT2D eigenvalue weighted by Gasteiger charge is -2.07. The van der Waals surface area contributed by atoms with Gasteiger partial charge in [-0.2, -0.15) is 8.78 Å². The van der Waals surface area contributed by atoms with Gasteiger partial charge in [0, 0.05) is 11.9 Å². The van der Waals surface area contributed by atoms with E-state index < -0.39 is 18.1 Å². The Bertz CT molecular complexity index is 951. The molecule has 0 saturated heterocycles. The summed E-state index contributed by atoms with van der Waals surface area (Å²) >= 11 is 0. The summed E-state index contributed by atoms with van der Waals surface area (Å²) in [5.74, 6) is -0.548. The van der Waals surface area contributed by atoms with Crippen LogP contribution < -0.4 is 15.7 Å². The van der Waals surface area contributed by atoms with Gasteiger partial charge in [-0.05, 0) is 29.8 Å². The van der Waals surface area contributed by atoms with Gasteiger partial charge >= 0.3 is 12.2 Å². The summed E-state index contributed by atoms with van der Waals surface area (Å²) in [5, 5.41) is 3.23. The van der Waals surface area contributed by atoms with Crippen LogP contribution in [0, 0.1) is 0 Å². The van der Waals surface area contributed by atoms with Crippen molar-refractivity contribution in [2.75, 3.05) is 0 Å². The fourth-order valence-electron chi connectivity index (χ4n) is 2.29. The molecule has 1 amide bonds. The Labute approximate surface area is 140 Å². The normalized spacial score (nSPS) is 10.8. The van der Waals surface area contributed by atoms with Gasteiger partial charge in [-0.1, -0.05) is 30.3 Å². The molecule has 5 nitrogen and oxygen atoms in total. The summed E-state index contributed by atoms with van der Waals surface area (Å²) in [6, 6.07) is 14.2. The third-order valence-corrected chi connectivity index (χ3v) is 3.49. The zero-order valence-corrected chi connectivity index (χ0v) is 12.9. The number of benzene rings is 2. The molecule has 2 aromatic carbocycles. The zero-order chi connectivity index (χ0) is 17.8. The minimum atomic E-state index is -2.89. The Morgan fingerprint density at radius 3 is 2.56 bits per heavy atom. The van der Waals surface area contributed by atoms with Gasteiger partial charge < -0.3 is 14.5 Å². The fourth-order valence-corrected chi connectivity index (χ4v) is 2.29. The van der Waals surface area contributed by atoms with Crippen LogP contribution in [0.25, 0.3) is 11.0 Å². The molecule has 1 heterocycles. The number of hydrogen-bond acceptors (Lipinski definition) is 4. The Morgan fingerprint density at radius 2 is 1.84 bits per heavy atom. The van der Waals surface area contributed by atoms with E-state index in [0.717, 1.165) is 0 Å². The maximum atomic E-state index is 12.2. The monoisotopic (exact) mass is 345 g/mol. The molecule has 7 heteroatoms. The highest BCUT2D eigenvalue weighted by Gasteiger charge is 2.13. The van der Waals surface area contributed by atoms with E-state index in [2.05, 4.69) is 10.1 Å². The maximum absolute atomic E-state index is 12.2. The van der Waals surface area contributed by atoms with E-state index in [1.165, 1.54) is 18.2 Å². The first-order valence-corrected chi connectivity index (χ1v) is 7.38. The molecule has 1 N–H and O–H groups in total. The van der Waals surface area contributed by atoms with Gasteiger partial charge in [0.2, 0.25) is 0 Å². The molecule has 25 heavy (non-hydrogen) atoms. The van der Waals surface area contributed by atoms with Crippen LogP contribution in [0.3, 0.4) is 0 Å². The zero-order valence-electron chi connectivity index (χ0n) is 12.9. The minimum Gasteiger partial charge on any atom is -0.435 e. The van der Waals surface area contributed by atoms with E-state index >= 15 is 0 Å². The smallest absolute Gasteiger partial charge is 0.387 e. The molecule has 0 aliphatic heterocycles. The average molecular weight is 345 g/mol. The van der Waals surface area contributed by atoms with Gasteiger partial charge in [-0.3, -0.25) is 4.79 Å². The highest BCUT2D eigenvalue weighted by atomic mass is 19.3. The molecule has 0 bridgehead atoms. The predicted molar refractivity (Wildman–Crippen MR) is 86.7 cm³/mol. The summed E-state index contributed by atoms with van der Waals surface area (Å²) in [7, 11) is 0. The number of alkyl halides is 2. The largest absolute Gasteiger partial charge is 0.435 e. The summed E-state index contributed by atoms with van der Waals surface area (Å²) < 4.78 is 33.5. The van der Waals surface area contributed by atoms with Crippen LogP contribution in [0.2, 0.25) is 0 Å². The Morgan fingerprint density at radius 1 is 1.12 bits per heavy atom. The third kappa shape index (κ3) is 4.00. The molecule has 3 rings (SSSR count). The number of carbonyl (C=O) groups is 1. The van der Waals surface area contributed by atoms with Crippen molar-refractivity contribution in [2.45, 2.75) is 13.2 Å². The first-order valence-electron chi connectivity index (χ1n) is 7.38. The van der Waals surface area contributed by atoms with Crippen molar-refractivity contribution in [3.8, 4) is 5.75 Å². The van der Waals surface area contributed by atoms with Crippen molar-refractivity contribution < 1.29 is 22.7 Å². The number of hydrogen-bond donors (Lipinski definition) is 1. The predicted octanol–water partition coefficient (Wildman–Crippen LogP) is 3.32. The number of ether oxygens (including phenoxy) is 1. The molecule has 0 fully saturated rings. The van der Waals surface area contributed by atoms with Crippen LogP contribution >= 0.6 is 0 Å². The molecule has 0 saturated carbocycles.